The number of hydrogen-bond acceptors (Lipinski definition) is 5. The van der Waals surface area contributed by atoms with E-state index in [0.717, 1.165) is 4.90 Å². The fourth-order valence-electron chi connectivity index (χ4n) is 2.94. The molecule has 0 saturated carbocycles. The summed E-state index contributed by atoms with van der Waals surface area (Å²) in [5.74, 6) is -0.457. The number of carbonyl (C=O) groups is 3. The number of carbonyl (C=O) groups excluding carboxylic acids is 3. The van der Waals surface area contributed by atoms with Crippen molar-refractivity contribution in [3.63, 3.8) is 0 Å². The fraction of sp³-hybridized carbons (Fsp3) is 0.150. The number of urea groups is 1. The Balaban J connectivity index is 2.07. The zero-order valence-electron chi connectivity index (χ0n) is 15.4. The number of hydrogen-bond donors (Lipinski definition) is 1. The van der Waals surface area contributed by atoms with Crippen molar-refractivity contribution < 1.29 is 23.9 Å². The monoisotopic (exact) mass is 400 g/mol. The Morgan fingerprint density at radius 3 is 2.29 bits per heavy atom. The van der Waals surface area contributed by atoms with Gasteiger partial charge < -0.3 is 9.47 Å². The van der Waals surface area contributed by atoms with Crippen LogP contribution < -0.4 is 19.7 Å². The molecule has 8 heteroatoms. The molecule has 1 N–H and O–H groups in total. The van der Waals surface area contributed by atoms with E-state index in [-0.39, 0.29) is 5.57 Å². The Kier molecular flexibility index (Phi) is 5.37. The molecule has 1 aliphatic rings. The van der Waals surface area contributed by atoms with Gasteiger partial charge in [-0.25, -0.2) is 9.69 Å². The number of amides is 4. The summed E-state index contributed by atoms with van der Waals surface area (Å²) in [7, 11) is 3.02. The highest BCUT2D eigenvalue weighted by Crippen LogP contribution is 2.33. The van der Waals surface area contributed by atoms with Crippen LogP contribution in [0, 0.1) is 6.92 Å². The highest BCUT2D eigenvalue weighted by atomic mass is 35.5. The van der Waals surface area contributed by atoms with Crippen LogP contribution in [0.25, 0.3) is 6.08 Å². The molecule has 1 saturated heterocycles. The first-order valence-corrected chi connectivity index (χ1v) is 8.63. The SMILES string of the molecule is COc1ccc(C=C2C(=O)NC(=O)N(c3ccc(Cl)cc3)C2=O)c(OC)c1C. The number of rotatable bonds is 4. The molecule has 3 rings (SSSR count). The maximum absolute atomic E-state index is 12.9. The summed E-state index contributed by atoms with van der Waals surface area (Å²) in [6.45, 7) is 1.80. The van der Waals surface area contributed by atoms with Gasteiger partial charge in [0, 0.05) is 16.1 Å². The third-order valence-corrected chi connectivity index (χ3v) is 4.55. The van der Waals surface area contributed by atoms with Crippen molar-refractivity contribution in [1.29, 1.82) is 0 Å². The average Bonchev–Trinajstić information content (AvgIpc) is 2.66. The van der Waals surface area contributed by atoms with Crippen LogP contribution in [-0.2, 0) is 9.59 Å². The Labute approximate surface area is 166 Å². The van der Waals surface area contributed by atoms with Crippen LogP contribution in [0.5, 0.6) is 11.5 Å². The molecule has 7 nitrogen and oxygen atoms in total. The van der Waals surface area contributed by atoms with Gasteiger partial charge >= 0.3 is 6.03 Å². The summed E-state index contributed by atoms with van der Waals surface area (Å²) in [6, 6.07) is 8.68. The lowest BCUT2D eigenvalue weighted by atomic mass is 10.0. The standard InChI is InChI=1S/C20H17ClN2O5/c1-11-16(27-2)9-4-12(17(11)28-3)10-15-18(24)22-20(26)23(19(15)25)14-7-5-13(21)6-8-14/h4-10H,1-3H3,(H,22,24,26). The van der Waals surface area contributed by atoms with Crippen LogP contribution >= 0.6 is 11.6 Å². The molecule has 0 bridgehead atoms. The number of anilines is 1. The van der Waals surface area contributed by atoms with Crippen molar-refractivity contribution in [2.24, 2.45) is 0 Å². The highest BCUT2D eigenvalue weighted by Gasteiger charge is 2.37. The lowest BCUT2D eigenvalue weighted by molar-refractivity contribution is -0.122. The van der Waals surface area contributed by atoms with Crippen LogP contribution in [-0.4, -0.2) is 32.1 Å². The molecule has 0 unspecified atom stereocenters. The van der Waals surface area contributed by atoms with Gasteiger partial charge in [-0.2, -0.15) is 0 Å². The summed E-state index contributed by atoms with van der Waals surface area (Å²) in [5, 5.41) is 2.64. The predicted molar refractivity (Wildman–Crippen MR) is 105 cm³/mol. The quantitative estimate of drug-likeness (QED) is 0.628. The van der Waals surface area contributed by atoms with Crippen LogP contribution in [0.15, 0.2) is 42.0 Å². The molecule has 2 aromatic rings. The zero-order valence-corrected chi connectivity index (χ0v) is 16.2. The van der Waals surface area contributed by atoms with Gasteiger partial charge in [0.05, 0.1) is 19.9 Å². The van der Waals surface area contributed by atoms with Crippen LogP contribution in [0.1, 0.15) is 11.1 Å². The molecule has 1 aliphatic heterocycles. The largest absolute Gasteiger partial charge is 0.496 e. The summed E-state index contributed by atoms with van der Waals surface area (Å²) < 4.78 is 10.7. The number of nitrogens with zero attached hydrogens (tertiary/aromatic N) is 1. The van der Waals surface area contributed by atoms with E-state index in [1.807, 2.05) is 0 Å². The molecule has 28 heavy (non-hydrogen) atoms. The second-order valence-electron chi connectivity index (χ2n) is 5.95. The topological polar surface area (TPSA) is 84.9 Å². The van der Waals surface area contributed by atoms with Crippen molar-refractivity contribution in [2.75, 3.05) is 19.1 Å². The van der Waals surface area contributed by atoms with Gasteiger partial charge in [0.1, 0.15) is 17.1 Å². The maximum atomic E-state index is 12.9. The maximum Gasteiger partial charge on any atom is 0.335 e. The number of imide groups is 2. The normalized spacial score (nSPS) is 15.6. The predicted octanol–water partition coefficient (Wildman–Crippen LogP) is 3.33. The van der Waals surface area contributed by atoms with Crippen molar-refractivity contribution >= 4 is 41.2 Å². The molecule has 0 spiro atoms. The van der Waals surface area contributed by atoms with Crippen molar-refractivity contribution in [1.82, 2.24) is 5.32 Å². The van der Waals surface area contributed by atoms with Gasteiger partial charge in [0.2, 0.25) is 0 Å². The first kappa shape index (κ1) is 19.4. The van der Waals surface area contributed by atoms with Crippen molar-refractivity contribution in [3.8, 4) is 11.5 Å². The number of halogens is 1. The third kappa shape index (κ3) is 3.44. The van der Waals surface area contributed by atoms with E-state index in [0.29, 0.717) is 33.3 Å². The van der Waals surface area contributed by atoms with Gasteiger partial charge in [0.25, 0.3) is 11.8 Å². The molecule has 1 heterocycles. The van der Waals surface area contributed by atoms with Crippen LogP contribution in [0.4, 0.5) is 10.5 Å². The minimum absolute atomic E-state index is 0.197. The van der Waals surface area contributed by atoms with E-state index in [4.69, 9.17) is 21.1 Å². The van der Waals surface area contributed by atoms with Gasteiger partial charge in [-0.15, -0.1) is 0 Å². The van der Waals surface area contributed by atoms with E-state index in [2.05, 4.69) is 5.32 Å². The Bertz CT molecular complexity index is 998. The second kappa shape index (κ2) is 7.74. The van der Waals surface area contributed by atoms with Gasteiger partial charge in [0.15, 0.2) is 0 Å². The lowest BCUT2D eigenvalue weighted by Gasteiger charge is -2.26. The first-order valence-electron chi connectivity index (χ1n) is 8.26. The van der Waals surface area contributed by atoms with Gasteiger partial charge in [-0.1, -0.05) is 11.6 Å². The molecule has 4 amide bonds. The third-order valence-electron chi connectivity index (χ3n) is 4.30. The molecule has 0 atom stereocenters. The van der Waals surface area contributed by atoms with Gasteiger partial charge in [-0.3, -0.25) is 14.9 Å². The number of methoxy groups -OCH3 is 2. The molecule has 2 aromatic carbocycles. The molecule has 144 valence electrons. The van der Waals surface area contributed by atoms with E-state index < -0.39 is 17.8 Å². The van der Waals surface area contributed by atoms with Gasteiger partial charge in [-0.05, 0) is 49.4 Å². The van der Waals surface area contributed by atoms with E-state index in [1.165, 1.54) is 32.4 Å². The summed E-state index contributed by atoms with van der Waals surface area (Å²) in [5.41, 5.74) is 1.32. The summed E-state index contributed by atoms with van der Waals surface area (Å²) >= 11 is 5.86. The van der Waals surface area contributed by atoms with E-state index >= 15 is 0 Å². The molecular weight excluding hydrogens is 384 g/mol. The zero-order chi connectivity index (χ0) is 20.4. The Morgan fingerprint density at radius 2 is 1.68 bits per heavy atom. The van der Waals surface area contributed by atoms with Crippen LogP contribution in [0.2, 0.25) is 5.02 Å². The summed E-state index contributed by atoms with van der Waals surface area (Å²) in [6.07, 6.45) is 1.39. The fourth-order valence-corrected chi connectivity index (χ4v) is 3.06. The molecule has 0 aromatic heterocycles. The minimum Gasteiger partial charge on any atom is -0.496 e. The Morgan fingerprint density at radius 1 is 1.00 bits per heavy atom. The number of ether oxygens (including phenoxy) is 2. The van der Waals surface area contributed by atoms with E-state index in [9.17, 15) is 14.4 Å². The second-order valence-corrected chi connectivity index (χ2v) is 6.39. The smallest absolute Gasteiger partial charge is 0.335 e. The van der Waals surface area contributed by atoms with E-state index in [1.54, 1.807) is 31.2 Å². The molecular formula is C20H17ClN2O5. The molecule has 0 radical (unpaired) electrons. The number of nitrogens with one attached hydrogen (secondary N) is 1. The van der Waals surface area contributed by atoms with Crippen molar-refractivity contribution in [3.05, 3.63) is 58.1 Å². The van der Waals surface area contributed by atoms with Crippen LogP contribution in [0.3, 0.4) is 0 Å². The Hall–Kier alpha value is -3.32. The lowest BCUT2D eigenvalue weighted by Crippen LogP contribution is -2.54. The first-order chi connectivity index (χ1) is 13.4. The molecule has 0 aliphatic carbocycles. The summed E-state index contributed by atoms with van der Waals surface area (Å²) in [4.78, 5) is 38.4. The number of barbiturate groups is 1. The molecule has 1 fully saturated rings. The van der Waals surface area contributed by atoms with Crippen molar-refractivity contribution in [2.45, 2.75) is 6.92 Å². The highest BCUT2D eigenvalue weighted by molar-refractivity contribution is 6.39. The number of benzene rings is 2. The minimum atomic E-state index is -0.827. The average molecular weight is 401 g/mol.